The summed E-state index contributed by atoms with van der Waals surface area (Å²) in [5.41, 5.74) is 2.89. The van der Waals surface area contributed by atoms with E-state index in [1.54, 1.807) is 12.1 Å². The molecule has 2 N–H and O–H groups in total. The Morgan fingerprint density at radius 2 is 2.04 bits per heavy atom. The van der Waals surface area contributed by atoms with Crippen LogP contribution in [0.15, 0.2) is 27.7 Å². The van der Waals surface area contributed by atoms with Crippen molar-refractivity contribution in [3.05, 3.63) is 51.6 Å². The molecule has 25 heavy (non-hydrogen) atoms. The summed E-state index contributed by atoms with van der Waals surface area (Å²) in [6.07, 6.45) is 1.62. The van der Waals surface area contributed by atoms with Gasteiger partial charge in [0.15, 0.2) is 5.96 Å². The highest BCUT2D eigenvalue weighted by molar-refractivity contribution is 6.30. The molecule has 0 amide bonds. The SMILES string of the molecule is CCNC(=NCc1ccc(F)c(Cl)c1)NCc1c(CC)noc1CC. The predicted molar refractivity (Wildman–Crippen MR) is 98.3 cm³/mol. The van der Waals surface area contributed by atoms with Crippen LogP contribution in [-0.4, -0.2) is 17.7 Å². The number of nitrogens with zero attached hydrogens (tertiary/aromatic N) is 2. The van der Waals surface area contributed by atoms with Crippen LogP contribution in [0.4, 0.5) is 4.39 Å². The Morgan fingerprint density at radius 1 is 1.24 bits per heavy atom. The molecule has 0 unspecified atom stereocenters. The van der Waals surface area contributed by atoms with Crippen LogP contribution in [0.25, 0.3) is 0 Å². The highest BCUT2D eigenvalue weighted by Gasteiger charge is 2.13. The third kappa shape index (κ3) is 5.19. The fourth-order valence-electron chi connectivity index (χ4n) is 2.46. The molecule has 2 rings (SSSR count). The number of aryl methyl sites for hydroxylation is 2. The molecule has 5 nitrogen and oxygen atoms in total. The van der Waals surface area contributed by atoms with Crippen LogP contribution < -0.4 is 10.6 Å². The van der Waals surface area contributed by atoms with E-state index in [1.807, 2.05) is 13.8 Å². The Labute approximate surface area is 152 Å². The molecule has 0 radical (unpaired) electrons. The minimum atomic E-state index is -0.425. The van der Waals surface area contributed by atoms with Crippen LogP contribution in [0, 0.1) is 5.82 Å². The van der Waals surface area contributed by atoms with E-state index in [-0.39, 0.29) is 5.02 Å². The molecule has 0 atom stereocenters. The average molecular weight is 367 g/mol. The van der Waals surface area contributed by atoms with Crippen molar-refractivity contribution in [2.45, 2.75) is 46.7 Å². The van der Waals surface area contributed by atoms with Gasteiger partial charge in [-0.25, -0.2) is 9.38 Å². The average Bonchev–Trinajstić information content (AvgIpc) is 3.02. The predicted octanol–water partition coefficient (Wildman–Crippen LogP) is 3.85. The summed E-state index contributed by atoms with van der Waals surface area (Å²) in [7, 11) is 0. The molecule has 1 heterocycles. The smallest absolute Gasteiger partial charge is 0.191 e. The van der Waals surface area contributed by atoms with Crippen LogP contribution in [0.2, 0.25) is 5.02 Å². The van der Waals surface area contributed by atoms with Crippen molar-refractivity contribution in [3.63, 3.8) is 0 Å². The largest absolute Gasteiger partial charge is 0.361 e. The molecule has 1 aromatic carbocycles. The van der Waals surface area contributed by atoms with Gasteiger partial charge in [-0.1, -0.05) is 36.7 Å². The molecule has 136 valence electrons. The maximum absolute atomic E-state index is 13.2. The number of hydrogen-bond acceptors (Lipinski definition) is 3. The number of halogens is 2. The number of guanidine groups is 1. The first-order chi connectivity index (χ1) is 12.1. The lowest BCUT2D eigenvalue weighted by molar-refractivity contribution is 0.380. The van der Waals surface area contributed by atoms with Crippen molar-refractivity contribution >= 4 is 17.6 Å². The summed E-state index contributed by atoms with van der Waals surface area (Å²) in [5.74, 6) is 1.14. The van der Waals surface area contributed by atoms with Gasteiger partial charge in [-0.3, -0.25) is 0 Å². The van der Waals surface area contributed by atoms with E-state index in [4.69, 9.17) is 16.1 Å². The maximum Gasteiger partial charge on any atom is 0.191 e. The lowest BCUT2D eigenvalue weighted by Crippen LogP contribution is -2.37. The Hall–Kier alpha value is -2.08. The first kappa shape index (κ1) is 19.2. The monoisotopic (exact) mass is 366 g/mol. The van der Waals surface area contributed by atoms with E-state index in [9.17, 15) is 4.39 Å². The van der Waals surface area contributed by atoms with Crippen molar-refractivity contribution in [1.29, 1.82) is 0 Å². The topological polar surface area (TPSA) is 62.5 Å². The Morgan fingerprint density at radius 3 is 2.68 bits per heavy atom. The second-order valence-corrected chi connectivity index (χ2v) is 5.94. The molecule has 0 saturated heterocycles. The summed E-state index contributed by atoms with van der Waals surface area (Å²) in [4.78, 5) is 4.53. The lowest BCUT2D eigenvalue weighted by atomic mass is 10.1. The minimum absolute atomic E-state index is 0.107. The molecule has 2 aromatic rings. The zero-order chi connectivity index (χ0) is 18.2. The van der Waals surface area contributed by atoms with Crippen LogP contribution in [0.1, 0.15) is 43.4 Å². The molecular formula is C18H24ClFN4O. The van der Waals surface area contributed by atoms with E-state index < -0.39 is 5.82 Å². The van der Waals surface area contributed by atoms with Crippen molar-refractivity contribution in [1.82, 2.24) is 15.8 Å². The van der Waals surface area contributed by atoms with Crippen LogP contribution >= 0.6 is 11.6 Å². The zero-order valence-electron chi connectivity index (χ0n) is 14.8. The molecular weight excluding hydrogens is 343 g/mol. The molecule has 0 saturated carbocycles. The normalized spacial score (nSPS) is 11.6. The van der Waals surface area contributed by atoms with Gasteiger partial charge < -0.3 is 15.2 Å². The molecule has 0 spiro atoms. The molecule has 0 aliphatic heterocycles. The quantitative estimate of drug-likeness (QED) is 0.577. The second kappa shape index (κ2) is 9.42. The van der Waals surface area contributed by atoms with Crippen LogP contribution in [-0.2, 0) is 25.9 Å². The van der Waals surface area contributed by atoms with E-state index in [0.29, 0.717) is 19.0 Å². The summed E-state index contributed by atoms with van der Waals surface area (Å²) in [6.45, 7) is 7.83. The third-order valence-corrected chi connectivity index (χ3v) is 4.08. The molecule has 1 aromatic heterocycles. The minimum Gasteiger partial charge on any atom is -0.361 e. The van der Waals surface area contributed by atoms with Gasteiger partial charge in [-0.05, 0) is 31.0 Å². The standard InChI is InChI=1S/C18H24ClFN4O/c1-4-16-13(17(5-2)25-24-16)11-23-18(21-6-3)22-10-12-7-8-15(20)14(19)9-12/h7-9H,4-6,10-11H2,1-3H3,(H2,21,22,23). The highest BCUT2D eigenvalue weighted by atomic mass is 35.5. The summed E-state index contributed by atoms with van der Waals surface area (Å²) < 4.78 is 18.6. The Kier molecular flexibility index (Phi) is 7.25. The second-order valence-electron chi connectivity index (χ2n) is 5.54. The molecule has 0 fully saturated rings. The van der Waals surface area contributed by atoms with Gasteiger partial charge in [0.25, 0.3) is 0 Å². The van der Waals surface area contributed by atoms with E-state index >= 15 is 0 Å². The van der Waals surface area contributed by atoms with Gasteiger partial charge in [-0.2, -0.15) is 0 Å². The number of aliphatic imine (C=N–C) groups is 1. The van der Waals surface area contributed by atoms with Gasteiger partial charge in [0.05, 0.1) is 17.3 Å². The summed E-state index contributed by atoms with van der Waals surface area (Å²) >= 11 is 5.81. The third-order valence-electron chi connectivity index (χ3n) is 3.79. The van der Waals surface area contributed by atoms with Crippen LogP contribution in [0.3, 0.4) is 0 Å². The van der Waals surface area contributed by atoms with Crippen molar-refractivity contribution in [2.24, 2.45) is 4.99 Å². The molecule has 0 aliphatic rings. The van der Waals surface area contributed by atoms with Gasteiger partial charge in [0.2, 0.25) is 0 Å². The molecule has 0 aliphatic carbocycles. The van der Waals surface area contributed by atoms with Crippen molar-refractivity contribution < 1.29 is 8.91 Å². The summed E-state index contributed by atoms with van der Waals surface area (Å²) in [5, 5.41) is 10.7. The Balaban J connectivity index is 2.07. The fourth-order valence-corrected chi connectivity index (χ4v) is 2.66. The van der Waals surface area contributed by atoms with Crippen molar-refractivity contribution in [3.8, 4) is 0 Å². The summed E-state index contributed by atoms with van der Waals surface area (Å²) in [6, 6.07) is 4.62. The van der Waals surface area contributed by atoms with E-state index in [1.165, 1.54) is 6.07 Å². The molecule has 0 bridgehead atoms. The van der Waals surface area contributed by atoms with Gasteiger partial charge >= 0.3 is 0 Å². The van der Waals surface area contributed by atoms with E-state index in [0.717, 1.165) is 42.0 Å². The van der Waals surface area contributed by atoms with Crippen LogP contribution in [0.5, 0.6) is 0 Å². The molecule has 7 heteroatoms. The Bertz CT molecular complexity index is 708. The lowest BCUT2D eigenvalue weighted by Gasteiger charge is -2.12. The van der Waals surface area contributed by atoms with E-state index in [2.05, 4.69) is 27.7 Å². The number of hydrogen-bond donors (Lipinski definition) is 2. The number of rotatable bonds is 7. The number of aromatic nitrogens is 1. The van der Waals surface area contributed by atoms with Crippen molar-refractivity contribution in [2.75, 3.05) is 6.54 Å². The number of benzene rings is 1. The van der Waals surface area contributed by atoms with Gasteiger partial charge in [0, 0.05) is 25.1 Å². The first-order valence-corrected chi connectivity index (χ1v) is 8.89. The zero-order valence-corrected chi connectivity index (χ0v) is 15.6. The fraction of sp³-hybridized carbons (Fsp3) is 0.444. The highest BCUT2D eigenvalue weighted by Crippen LogP contribution is 2.17. The first-order valence-electron chi connectivity index (χ1n) is 8.51. The van der Waals surface area contributed by atoms with Gasteiger partial charge in [-0.15, -0.1) is 0 Å². The van der Waals surface area contributed by atoms with Gasteiger partial charge in [0.1, 0.15) is 11.6 Å². The number of nitrogens with one attached hydrogen (secondary N) is 2. The maximum atomic E-state index is 13.2.